The standard InChI is InChI=1S/C26H24N2O2/c1-18-7-6-8-21(13-18)17-30-25-10-5-4-9-22(25)15-23(16-27)26(29)28-24-12-11-19(2)20(3)14-24/h4-15H,17H2,1-3H3,(H,28,29)/b23-15+. The molecule has 4 heteroatoms. The minimum atomic E-state index is -0.450. The summed E-state index contributed by atoms with van der Waals surface area (Å²) in [5.74, 6) is 0.167. The van der Waals surface area contributed by atoms with E-state index < -0.39 is 5.91 Å². The summed E-state index contributed by atoms with van der Waals surface area (Å²) in [6.07, 6.45) is 1.56. The third-order valence-corrected chi connectivity index (χ3v) is 4.83. The first kappa shape index (κ1) is 20.9. The molecule has 4 nitrogen and oxygen atoms in total. The third kappa shape index (κ3) is 5.36. The van der Waals surface area contributed by atoms with Crippen LogP contribution in [0.1, 0.15) is 27.8 Å². The first-order chi connectivity index (χ1) is 14.5. The van der Waals surface area contributed by atoms with E-state index in [1.165, 1.54) is 5.56 Å². The highest BCUT2D eigenvalue weighted by molar-refractivity contribution is 6.09. The molecule has 0 bridgehead atoms. The molecule has 3 rings (SSSR count). The van der Waals surface area contributed by atoms with E-state index >= 15 is 0 Å². The van der Waals surface area contributed by atoms with Crippen molar-refractivity contribution in [2.45, 2.75) is 27.4 Å². The molecule has 0 aliphatic rings. The quantitative estimate of drug-likeness (QED) is 0.427. The predicted molar refractivity (Wildman–Crippen MR) is 120 cm³/mol. The van der Waals surface area contributed by atoms with E-state index in [0.29, 0.717) is 23.6 Å². The molecule has 0 aliphatic heterocycles. The number of rotatable bonds is 6. The molecular weight excluding hydrogens is 372 g/mol. The van der Waals surface area contributed by atoms with Gasteiger partial charge in [-0.1, -0.05) is 54.1 Å². The Morgan fingerprint density at radius 2 is 1.80 bits per heavy atom. The van der Waals surface area contributed by atoms with Gasteiger partial charge in [-0.15, -0.1) is 0 Å². The smallest absolute Gasteiger partial charge is 0.266 e. The SMILES string of the molecule is Cc1cccc(COc2ccccc2/C=C(\C#N)C(=O)Nc2ccc(C)c(C)c2)c1. The zero-order valence-electron chi connectivity index (χ0n) is 17.4. The average molecular weight is 396 g/mol. The third-order valence-electron chi connectivity index (χ3n) is 4.83. The molecule has 0 atom stereocenters. The number of anilines is 1. The molecule has 1 amide bonds. The summed E-state index contributed by atoms with van der Waals surface area (Å²) in [7, 11) is 0. The van der Waals surface area contributed by atoms with E-state index in [1.54, 1.807) is 6.08 Å². The van der Waals surface area contributed by atoms with E-state index in [0.717, 1.165) is 16.7 Å². The summed E-state index contributed by atoms with van der Waals surface area (Å²) in [5.41, 5.74) is 5.79. The molecule has 1 N–H and O–H groups in total. The number of ether oxygens (including phenoxy) is 1. The molecule has 3 aromatic carbocycles. The maximum atomic E-state index is 12.6. The first-order valence-corrected chi connectivity index (χ1v) is 9.74. The number of hydrogen-bond donors (Lipinski definition) is 1. The molecular formula is C26H24N2O2. The van der Waals surface area contributed by atoms with Gasteiger partial charge in [0.2, 0.25) is 0 Å². The number of nitrogens with zero attached hydrogens (tertiary/aromatic N) is 1. The van der Waals surface area contributed by atoms with Crippen molar-refractivity contribution >= 4 is 17.7 Å². The Hall–Kier alpha value is -3.84. The number of aryl methyl sites for hydroxylation is 3. The molecule has 0 aromatic heterocycles. The van der Waals surface area contributed by atoms with Crippen LogP contribution in [0.4, 0.5) is 5.69 Å². The molecule has 150 valence electrons. The molecule has 0 aliphatic carbocycles. The van der Waals surface area contributed by atoms with Gasteiger partial charge in [-0.3, -0.25) is 4.79 Å². The van der Waals surface area contributed by atoms with Gasteiger partial charge in [0.15, 0.2) is 0 Å². The lowest BCUT2D eigenvalue weighted by atomic mass is 10.1. The van der Waals surface area contributed by atoms with Crippen molar-refractivity contribution in [3.63, 3.8) is 0 Å². The zero-order valence-corrected chi connectivity index (χ0v) is 17.4. The largest absolute Gasteiger partial charge is 0.488 e. The van der Waals surface area contributed by atoms with Crippen LogP contribution in [-0.4, -0.2) is 5.91 Å². The van der Waals surface area contributed by atoms with Crippen molar-refractivity contribution in [1.82, 2.24) is 0 Å². The molecule has 3 aromatic rings. The molecule has 0 fully saturated rings. The maximum absolute atomic E-state index is 12.6. The van der Waals surface area contributed by atoms with Crippen molar-refractivity contribution in [3.05, 3.63) is 100 Å². The summed E-state index contributed by atoms with van der Waals surface area (Å²) in [6, 6.07) is 23.1. The molecule has 0 spiro atoms. The van der Waals surface area contributed by atoms with Crippen molar-refractivity contribution in [3.8, 4) is 11.8 Å². The van der Waals surface area contributed by atoms with E-state index in [-0.39, 0.29) is 5.57 Å². The van der Waals surface area contributed by atoms with Crippen molar-refractivity contribution in [2.75, 3.05) is 5.32 Å². The zero-order chi connectivity index (χ0) is 21.5. The number of para-hydroxylation sites is 1. The van der Waals surface area contributed by atoms with Crippen LogP contribution in [0.25, 0.3) is 6.08 Å². The lowest BCUT2D eigenvalue weighted by molar-refractivity contribution is -0.112. The van der Waals surface area contributed by atoms with Gasteiger partial charge in [-0.2, -0.15) is 5.26 Å². The van der Waals surface area contributed by atoms with Crippen molar-refractivity contribution in [2.24, 2.45) is 0 Å². The highest BCUT2D eigenvalue weighted by Crippen LogP contribution is 2.23. The summed E-state index contributed by atoms with van der Waals surface area (Å²) in [4.78, 5) is 12.6. The number of carbonyl (C=O) groups excluding carboxylic acids is 1. The Labute approximate surface area is 177 Å². The van der Waals surface area contributed by atoms with Gasteiger partial charge in [0.1, 0.15) is 24.0 Å². The fourth-order valence-corrected chi connectivity index (χ4v) is 3.02. The van der Waals surface area contributed by atoms with Crippen LogP contribution in [0.5, 0.6) is 5.75 Å². The monoisotopic (exact) mass is 396 g/mol. The normalized spacial score (nSPS) is 10.9. The topological polar surface area (TPSA) is 62.1 Å². The summed E-state index contributed by atoms with van der Waals surface area (Å²) in [6.45, 7) is 6.43. The van der Waals surface area contributed by atoms with Crippen LogP contribution in [0, 0.1) is 32.1 Å². The highest BCUT2D eigenvalue weighted by atomic mass is 16.5. The Kier molecular flexibility index (Phi) is 6.67. The second-order valence-electron chi connectivity index (χ2n) is 7.24. The lowest BCUT2D eigenvalue weighted by Gasteiger charge is -2.11. The van der Waals surface area contributed by atoms with Gasteiger partial charge >= 0.3 is 0 Å². The molecule has 0 unspecified atom stereocenters. The number of carbonyl (C=O) groups is 1. The van der Waals surface area contributed by atoms with Gasteiger partial charge in [0, 0.05) is 11.3 Å². The summed E-state index contributed by atoms with van der Waals surface area (Å²) >= 11 is 0. The van der Waals surface area contributed by atoms with E-state index in [2.05, 4.69) is 11.4 Å². The van der Waals surface area contributed by atoms with E-state index in [9.17, 15) is 10.1 Å². The van der Waals surface area contributed by atoms with Crippen LogP contribution >= 0.6 is 0 Å². The van der Waals surface area contributed by atoms with Crippen LogP contribution in [0.3, 0.4) is 0 Å². The Morgan fingerprint density at radius 3 is 2.53 bits per heavy atom. The Balaban J connectivity index is 1.79. The van der Waals surface area contributed by atoms with Crippen LogP contribution < -0.4 is 10.1 Å². The van der Waals surface area contributed by atoms with E-state index in [4.69, 9.17) is 4.74 Å². The van der Waals surface area contributed by atoms with Gasteiger partial charge in [0.05, 0.1) is 0 Å². The Morgan fingerprint density at radius 1 is 1.00 bits per heavy atom. The summed E-state index contributed by atoms with van der Waals surface area (Å²) in [5, 5.41) is 12.3. The second kappa shape index (κ2) is 9.58. The number of nitriles is 1. The molecule has 30 heavy (non-hydrogen) atoms. The molecule has 0 saturated heterocycles. The Bertz CT molecular complexity index is 1140. The maximum Gasteiger partial charge on any atom is 0.266 e. The second-order valence-corrected chi connectivity index (χ2v) is 7.24. The van der Waals surface area contributed by atoms with Crippen LogP contribution in [0.2, 0.25) is 0 Å². The number of nitrogens with one attached hydrogen (secondary N) is 1. The average Bonchev–Trinajstić information content (AvgIpc) is 2.74. The number of amides is 1. The number of benzene rings is 3. The van der Waals surface area contributed by atoms with Gasteiger partial charge < -0.3 is 10.1 Å². The van der Waals surface area contributed by atoms with Gasteiger partial charge in [0.25, 0.3) is 5.91 Å². The van der Waals surface area contributed by atoms with E-state index in [1.807, 2.05) is 87.5 Å². The van der Waals surface area contributed by atoms with Crippen molar-refractivity contribution < 1.29 is 9.53 Å². The fraction of sp³-hybridized carbons (Fsp3) is 0.154. The fourth-order valence-electron chi connectivity index (χ4n) is 3.02. The first-order valence-electron chi connectivity index (χ1n) is 9.74. The number of hydrogen-bond acceptors (Lipinski definition) is 3. The molecule has 0 heterocycles. The van der Waals surface area contributed by atoms with Crippen LogP contribution in [-0.2, 0) is 11.4 Å². The predicted octanol–water partition coefficient (Wildman–Crippen LogP) is 5.74. The van der Waals surface area contributed by atoms with Crippen molar-refractivity contribution in [1.29, 1.82) is 5.26 Å². The van der Waals surface area contributed by atoms with Crippen LogP contribution in [0.15, 0.2) is 72.3 Å². The lowest BCUT2D eigenvalue weighted by Crippen LogP contribution is -2.13. The summed E-state index contributed by atoms with van der Waals surface area (Å²) < 4.78 is 5.96. The minimum absolute atomic E-state index is 0.0137. The molecule has 0 saturated carbocycles. The minimum Gasteiger partial charge on any atom is -0.488 e. The highest BCUT2D eigenvalue weighted by Gasteiger charge is 2.12. The molecule has 0 radical (unpaired) electrons. The van der Waals surface area contributed by atoms with Gasteiger partial charge in [-0.25, -0.2) is 0 Å². The van der Waals surface area contributed by atoms with Gasteiger partial charge in [-0.05, 0) is 61.7 Å².